The van der Waals surface area contributed by atoms with Crippen LogP contribution in [-0.4, -0.2) is 35.7 Å². The lowest BCUT2D eigenvalue weighted by molar-refractivity contribution is 0.100. The van der Waals surface area contributed by atoms with E-state index in [0.29, 0.717) is 22.9 Å². The number of thioether (sulfide) groups is 1. The number of aryl methyl sites for hydroxylation is 1. The minimum Gasteiger partial charge on any atom is -0.486 e. The van der Waals surface area contributed by atoms with E-state index in [4.69, 9.17) is 9.47 Å². The molecule has 0 spiro atoms. The summed E-state index contributed by atoms with van der Waals surface area (Å²) in [7, 11) is 0. The van der Waals surface area contributed by atoms with Gasteiger partial charge in [-0.1, -0.05) is 17.4 Å². The highest BCUT2D eigenvalue weighted by Crippen LogP contribution is 2.35. The minimum atomic E-state index is -0.197. The molecule has 0 saturated carbocycles. The third-order valence-electron chi connectivity index (χ3n) is 3.79. The summed E-state index contributed by atoms with van der Waals surface area (Å²) < 4.78 is 14.5. The normalized spacial score (nSPS) is 14.2. The Balaban J connectivity index is 1.85. The third-order valence-corrected chi connectivity index (χ3v) is 6.28. The Morgan fingerprint density at radius 3 is 2.84 bits per heavy atom. The second-order valence-corrected chi connectivity index (χ2v) is 8.33. The number of hydrogen-bond donors (Lipinski definition) is 0. The molecule has 5 nitrogen and oxygen atoms in total. The molecule has 3 aromatic rings. The van der Waals surface area contributed by atoms with Crippen molar-refractivity contribution in [2.24, 2.45) is 4.99 Å². The first-order chi connectivity index (χ1) is 12.3. The van der Waals surface area contributed by atoms with E-state index in [2.05, 4.69) is 15.8 Å². The maximum absolute atomic E-state index is 12.4. The van der Waals surface area contributed by atoms with Gasteiger partial charge in [0.1, 0.15) is 13.2 Å². The molecule has 2 aromatic heterocycles. The molecule has 0 saturated heterocycles. The van der Waals surface area contributed by atoms with Gasteiger partial charge in [-0.05, 0) is 17.7 Å². The van der Waals surface area contributed by atoms with Crippen LogP contribution in [0.25, 0.3) is 10.2 Å². The van der Waals surface area contributed by atoms with Crippen LogP contribution < -0.4 is 14.3 Å². The van der Waals surface area contributed by atoms with Crippen molar-refractivity contribution in [3.63, 3.8) is 0 Å². The van der Waals surface area contributed by atoms with Crippen LogP contribution in [0.3, 0.4) is 0 Å². The highest BCUT2D eigenvalue weighted by Gasteiger charge is 2.17. The molecule has 1 aliphatic rings. The lowest BCUT2D eigenvalue weighted by atomic mass is 10.2. The highest BCUT2D eigenvalue weighted by atomic mass is 32.2. The number of nitrogens with zero attached hydrogens (tertiary/aromatic N) is 2. The molecule has 0 radical (unpaired) electrons. The summed E-state index contributed by atoms with van der Waals surface area (Å²) in [6.45, 7) is 1.91. The Bertz CT molecular complexity index is 973. The van der Waals surface area contributed by atoms with E-state index in [1.165, 1.54) is 22.7 Å². The molecule has 0 fully saturated rings. The fourth-order valence-electron chi connectivity index (χ4n) is 2.63. The van der Waals surface area contributed by atoms with Crippen LogP contribution in [0.15, 0.2) is 34.6 Å². The average molecular weight is 393 g/mol. The maximum atomic E-state index is 12.4. The quantitative estimate of drug-likeness (QED) is 0.680. The van der Waals surface area contributed by atoms with E-state index >= 15 is 0 Å². The molecule has 0 atom stereocenters. The van der Waals surface area contributed by atoms with Crippen molar-refractivity contribution >= 4 is 50.6 Å². The van der Waals surface area contributed by atoms with Crippen LogP contribution in [0, 0.1) is 0 Å². The maximum Gasteiger partial charge on any atom is 0.289 e. The molecule has 4 rings (SSSR count). The Kier molecular flexibility index (Phi) is 4.82. The summed E-state index contributed by atoms with van der Waals surface area (Å²) in [5, 5.41) is 1.89. The van der Waals surface area contributed by atoms with Gasteiger partial charge in [-0.3, -0.25) is 4.79 Å². The number of carbonyl (C=O) groups is 1. The first kappa shape index (κ1) is 16.7. The monoisotopic (exact) mass is 392 g/mol. The summed E-state index contributed by atoms with van der Waals surface area (Å²) >= 11 is 4.68. The van der Waals surface area contributed by atoms with Crippen molar-refractivity contribution in [3.8, 4) is 11.5 Å². The Morgan fingerprint density at radius 2 is 2.12 bits per heavy atom. The number of thiophene rings is 1. The van der Waals surface area contributed by atoms with Gasteiger partial charge in [0.05, 0.1) is 15.1 Å². The molecular formula is C17H16N2O3S3. The number of fused-ring (bicyclic) bond motifs is 2. The fraction of sp³-hybridized carbons (Fsp3) is 0.294. The van der Waals surface area contributed by atoms with Crippen molar-refractivity contribution in [3.05, 3.63) is 39.3 Å². The van der Waals surface area contributed by atoms with Crippen LogP contribution in [0.5, 0.6) is 11.5 Å². The second-order valence-electron chi connectivity index (χ2n) is 5.39. The van der Waals surface area contributed by atoms with Gasteiger partial charge >= 0.3 is 0 Å². The fourth-order valence-corrected chi connectivity index (χ4v) is 4.67. The van der Waals surface area contributed by atoms with Crippen LogP contribution in [0.1, 0.15) is 9.67 Å². The Labute approximate surface area is 156 Å². The summed E-state index contributed by atoms with van der Waals surface area (Å²) in [5.41, 5.74) is 1.03. The van der Waals surface area contributed by atoms with E-state index < -0.39 is 0 Å². The van der Waals surface area contributed by atoms with Crippen LogP contribution in [0.2, 0.25) is 0 Å². The summed E-state index contributed by atoms with van der Waals surface area (Å²) in [6.07, 6.45) is 2.07. The molecule has 1 amide bonds. The lowest BCUT2D eigenvalue weighted by Gasteiger charge is -2.18. The lowest BCUT2D eigenvalue weighted by Crippen LogP contribution is -2.18. The molecule has 0 aliphatic carbocycles. The van der Waals surface area contributed by atoms with Crippen molar-refractivity contribution in [2.45, 2.75) is 6.54 Å². The van der Waals surface area contributed by atoms with Gasteiger partial charge in [-0.25, -0.2) is 0 Å². The molecule has 0 bridgehead atoms. The zero-order chi connectivity index (χ0) is 17.2. The molecule has 25 heavy (non-hydrogen) atoms. The second kappa shape index (κ2) is 7.23. The van der Waals surface area contributed by atoms with Gasteiger partial charge in [-0.15, -0.1) is 11.3 Å². The number of ether oxygens (including phenoxy) is 2. The van der Waals surface area contributed by atoms with E-state index in [-0.39, 0.29) is 5.91 Å². The number of rotatable bonds is 4. The molecule has 8 heteroatoms. The number of hydrogen-bond acceptors (Lipinski definition) is 6. The van der Waals surface area contributed by atoms with Crippen molar-refractivity contribution in [2.75, 3.05) is 25.2 Å². The number of carbonyl (C=O) groups excluding carboxylic acids is 1. The van der Waals surface area contributed by atoms with Gasteiger partial charge in [0.25, 0.3) is 5.91 Å². The van der Waals surface area contributed by atoms with Gasteiger partial charge in [0.15, 0.2) is 16.3 Å². The molecule has 1 aliphatic heterocycles. The van der Waals surface area contributed by atoms with Gasteiger partial charge < -0.3 is 14.0 Å². The van der Waals surface area contributed by atoms with E-state index in [0.717, 1.165) is 34.0 Å². The van der Waals surface area contributed by atoms with Crippen molar-refractivity contribution in [1.82, 2.24) is 4.57 Å². The number of thiazole rings is 1. The van der Waals surface area contributed by atoms with Crippen LogP contribution in [0.4, 0.5) is 0 Å². The predicted molar refractivity (Wildman–Crippen MR) is 103 cm³/mol. The third kappa shape index (κ3) is 3.33. The minimum absolute atomic E-state index is 0.197. The van der Waals surface area contributed by atoms with Crippen LogP contribution >= 0.6 is 34.4 Å². The molecule has 0 N–H and O–H groups in total. The van der Waals surface area contributed by atoms with E-state index in [1.54, 1.807) is 17.8 Å². The Morgan fingerprint density at radius 1 is 1.32 bits per heavy atom. The topological polar surface area (TPSA) is 52.8 Å². The zero-order valence-electron chi connectivity index (χ0n) is 13.6. The van der Waals surface area contributed by atoms with Gasteiger partial charge in [0.2, 0.25) is 0 Å². The van der Waals surface area contributed by atoms with E-state index in [9.17, 15) is 4.79 Å². The SMILES string of the molecule is CSCCn1c(=NC(=O)c2cccs2)sc2cc3c(cc21)OCCO3. The summed E-state index contributed by atoms with van der Waals surface area (Å²) in [5.74, 6) is 2.26. The Hall–Kier alpha value is -1.77. The molecule has 130 valence electrons. The van der Waals surface area contributed by atoms with Crippen molar-refractivity contribution < 1.29 is 14.3 Å². The molecule has 0 unspecified atom stereocenters. The van der Waals surface area contributed by atoms with Gasteiger partial charge in [-0.2, -0.15) is 16.8 Å². The first-order valence-electron chi connectivity index (χ1n) is 7.81. The number of benzene rings is 1. The smallest absolute Gasteiger partial charge is 0.289 e. The molecular weight excluding hydrogens is 376 g/mol. The number of aromatic nitrogens is 1. The average Bonchev–Trinajstić information content (AvgIpc) is 3.26. The zero-order valence-corrected chi connectivity index (χ0v) is 16.0. The summed E-state index contributed by atoms with van der Waals surface area (Å²) in [4.78, 5) is 18.2. The highest BCUT2D eigenvalue weighted by molar-refractivity contribution is 7.98. The number of amides is 1. The van der Waals surface area contributed by atoms with Crippen LogP contribution in [-0.2, 0) is 6.54 Å². The predicted octanol–water partition coefficient (Wildman–Crippen LogP) is 3.64. The standard InChI is InChI=1S/C17H16N2O3S3/c1-23-8-4-19-11-9-12-13(22-6-5-21-12)10-15(11)25-17(19)18-16(20)14-3-2-7-24-14/h2-3,7,9-10H,4-6,8H2,1H3. The molecule has 1 aromatic carbocycles. The summed E-state index contributed by atoms with van der Waals surface area (Å²) in [6, 6.07) is 7.65. The van der Waals surface area contributed by atoms with Crippen molar-refractivity contribution in [1.29, 1.82) is 0 Å². The van der Waals surface area contributed by atoms with E-state index in [1.807, 2.05) is 23.6 Å². The molecule has 3 heterocycles. The van der Waals surface area contributed by atoms with Gasteiger partial charge in [0, 0.05) is 24.4 Å². The first-order valence-corrected chi connectivity index (χ1v) is 10.9. The largest absolute Gasteiger partial charge is 0.486 e.